The van der Waals surface area contributed by atoms with Crippen LogP contribution in [0.25, 0.3) is 0 Å². The van der Waals surface area contributed by atoms with Crippen LogP contribution in [0, 0.1) is 23.1 Å². The van der Waals surface area contributed by atoms with Gasteiger partial charge in [0.15, 0.2) is 0 Å². The highest BCUT2D eigenvalue weighted by atomic mass is 19.4. The normalized spacial score (nSPS) is 21.2. The monoisotopic (exact) mass is 434 g/mol. The maximum atomic E-state index is 14.2. The molecule has 164 valence electrons. The summed E-state index contributed by atoms with van der Waals surface area (Å²) in [6.45, 7) is 0.470. The Morgan fingerprint density at radius 3 is 2.55 bits per heavy atom. The van der Waals surface area contributed by atoms with Crippen LogP contribution < -0.4 is 10.6 Å². The van der Waals surface area contributed by atoms with Crippen molar-refractivity contribution in [2.24, 2.45) is 5.92 Å². The summed E-state index contributed by atoms with van der Waals surface area (Å²) >= 11 is 0. The van der Waals surface area contributed by atoms with E-state index >= 15 is 0 Å². The average molecular weight is 434 g/mol. The van der Waals surface area contributed by atoms with Gasteiger partial charge >= 0.3 is 6.18 Å². The first kappa shape index (κ1) is 22.5. The second-order valence-corrected chi connectivity index (χ2v) is 7.74. The smallest absolute Gasteiger partial charge is 0.368 e. The summed E-state index contributed by atoms with van der Waals surface area (Å²) in [7, 11) is 0. The van der Waals surface area contributed by atoms with E-state index in [1.165, 1.54) is 24.4 Å². The molecule has 1 amide bonds. The van der Waals surface area contributed by atoms with Gasteiger partial charge in [0.25, 0.3) is 0 Å². The molecule has 0 unspecified atom stereocenters. The van der Waals surface area contributed by atoms with Gasteiger partial charge in [-0.2, -0.15) is 18.4 Å². The average Bonchev–Trinajstić information content (AvgIpc) is 2.72. The van der Waals surface area contributed by atoms with Crippen molar-refractivity contribution in [3.63, 3.8) is 0 Å². The van der Waals surface area contributed by atoms with Crippen LogP contribution in [0.3, 0.4) is 0 Å². The molecular formula is C22H22F4N4O. The largest absolute Gasteiger partial charge is 0.397 e. The molecule has 1 heterocycles. The van der Waals surface area contributed by atoms with E-state index in [-0.39, 0.29) is 23.2 Å². The van der Waals surface area contributed by atoms with E-state index in [4.69, 9.17) is 0 Å². The Hall–Kier alpha value is -3.15. The van der Waals surface area contributed by atoms with E-state index in [1.807, 2.05) is 0 Å². The molecule has 0 atom stereocenters. The summed E-state index contributed by atoms with van der Waals surface area (Å²) in [6.07, 6.45) is -2.32. The molecule has 2 N–H and O–H groups in total. The number of nitrogens with one attached hydrogen (secondary N) is 2. The Balaban J connectivity index is 1.60. The molecule has 0 bridgehead atoms. The number of amides is 1. The second kappa shape index (κ2) is 9.33. The molecule has 9 heteroatoms. The number of aromatic nitrogens is 1. The van der Waals surface area contributed by atoms with Crippen molar-refractivity contribution in [3.8, 4) is 6.07 Å². The molecule has 0 saturated heterocycles. The quantitative estimate of drug-likeness (QED) is 0.615. The van der Waals surface area contributed by atoms with Gasteiger partial charge in [0.05, 0.1) is 17.2 Å². The van der Waals surface area contributed by atoms with Crippen LogP contribution in [0.1, 0.15) is 37.7 Å². The van der Waals surface area contributed by atoms with Crippen LogP contribution >= 0.6 is 0 Å². The molecule has 1 aliphatic carbocycles. The van der Waals surface area contributed by atoms with Gasteiger partial charge in [0.1, 0.15) is 18.1 Å². The van der Waals surface area contributed by atoms with Crippen molar-refractivity contribution in [3.05, 3.63) is 54.0 Å². The van der Waals surface area contributed by atoms with Crippen molar-refractivity contribution >= 4 is 17.4 Å². The lowest BCUT2D eigenvalue weighted by atomic mass is 9.67. The van der Waals surface area contributed by atoms with Crippen LogP contribution in [-0.4, -0.2) is 23.6 Å². The van der Waals surface area contributed by atoms with E-state index in [0.29, 0.717) is 37.8 Å². The maximum absolute atomic E-state index is 14.2. The van der Waals surface area contributed by atoms with Gasteiger partial charge in [0.2, 0.25) is 5.91 Å². The topological polar surface area (TPSA) is 77.8 Å². The Kier molecular flexibility index (Phi) is 6.78. The highest BCUT2D eigenvalue weighted by Crippen LogP contribution is 2.42. The number of carbonyl (C=O) groups is 1. The highest BCUT2D eigenvalue weighted by Gasteiger charge is 2.39. The molecule has 1 fully saturated rings. The molecule has 3 rings (SSSR count). The SMILES string of the molecule is N#CC1(c2ccccc2F)CCC(CNc2ncccc2NC(=O)CC(F)(F)F)CC1. The molecule has 0 radical (unpaired) electrons. The van der Waals surface area contributed by atoms with Gasteiger partial charge in [-0.3, -0.25) is 4.79 Å². The number of pyridine rings is 1. The van der Waals surface area contributed by atoms with E-state index in [9.17, 15) is 27.6 Å². The fourth-order valence-electron chi connectivity index (χ4n) is 3.93. The third-order valence-electron chi connectivity index (χ3n) is 5.56. The number of carbonyl (C=O) groups excluding carboxylic acids is 1. The predicted molar refractivity (Wildman–Crippen MR) is 108 cm³/mol. The zero-order chi connectivity index (χ0) is 22.5. The minimum Gasteiger partial charge on any atom is -0.368 e. The highest BCUT2D eigenvalue weighted by molar-refractivity contribution is 5.93. The number of nitriles is 1. The van der Waals surface area contributed by atoms with Crippen molar-refractivity contribution in [2.45, 2.75) is 43.7 Å². The second-order valence-electron chi connectivity index (χ2n) is 7.74. The summed E-state index contributed by atoms with van der Waals surface area (Å²) < 4.78 is 51.5. The number of rotatable bonds is 6. The Morgan fingerprint density at radius 2 is 1.90 bits per heavy atom. The zero-order valence-electron chi connectivity index (χ0n) is 16.7. The number of nitrogens with zero attached hydrogens (tertiary/aromatic N) is 2. The van der Waals surface area contributed by atoms with E-state index in [1.54, 1.807) is 18.2 Å². The summed E-state index contributed by atoms with van der Waals surface area (Å²) in [5.74, 6) is -1.09. The van der Waals surface area contributed by atoms with Crippen LogP contribution in [0.5, 0.6) is 0 Å². The zero-order valence-corrected chi connectivity index (χ0v) is 16.7. The van der Waals surface area contributed by atoms with E-state index < -0.39 is 23.9 Å². The lowest BCUT2D eigenvalue weighted by molar-refractivity contribution is -0.150. The summed E-state index contributed by atoms with van der Waals surface area (Å²) in [6, 6.07) is 11.6. The standard InChI is InChI=1S/C22H22F4N4O/c23-17-5-2-1-4-16(17)21(14-27)9-7-15(8-10-21)13-29-20-18(6-3-11-28-20)30-19(31)12-22(24,25)26/h1-6,11,15H,7-10,12-13H2,(H,28,29)(H,30,31). The molecule has 1 aliphatic rings. The predicted octanol–water partition coefficient (Wildman–Crippen LogP) is 5.18. The number of halogens is 4. The minimum absolute atomic E-state index is 0.172. The Bertz CT molecular complexity index is 962. The minimum atomic E-state index is -4.59. The van der Waals surface area contributed by atoms with Crippen molar-refractivity contribution in [1.82, 2.24) is 4.98 Å². The van der Waals surface area contributed by atoms with Crippen molar-refractivity contribution in [1.29, 1.82) is 5.26 Å². The molecule has 1 saturated carbocycles. The molecular weight excluding hydrogens is 412 g/mol. The number of alkyl halides is 3. The summed E-state index contributed by atoms with van der Waals surface area (Å²) in [5, 5.41) is 15.1. The first-order valence-electron chi connectivity index (χ1n) is 9.94. The van der Waals surface area contributed by atoms with Gasteiger partial charge in [-0.05, 0) is 49.8 Å². The molecule has 1 aromatic heterocycles. The van der Waals surface area contributed by atoms with Gasteiger partial charge < -0.3 is 10.6 Å². The number of anilines is 2. The fourth-order valence-corrected chi connectivity index (χ4v) is 3.93. The van der Waals surface area contributed by atoms with Crippen LogP contribution in [0.4, 0.5) is 29.1 Å². The van der Waals surface area contributed by atoms with Gasteiger partial charge in [0, 0.05) is 18.3 Å². The van der Waals surface area contributed by atoms with Crippen LogP contribution in [0.2, 0.25) is 0 Å². The van der Waals surface area contributed by atoms with Crippen molar-refractivity contribution in [2.75, 3.05) is 17.2 Å². The van der Waals surface area contributed by atoms with Gasteiger partial charge in [-0.25, -0.2) is 9.37 Å². The first-order chi connectivity index (χ1) is 14.7. The summed E-state index contributed by atoms with van der Waals surface area (Å²) in [4.78, 5) is 15.7. The third kappa shape index (κ3) is 5.72. The molecule has 1 aromatic carbocycles. The van der Waals surface area contributed by atoms with Crippen LogP contribution in [-0.2, 0) is 10.2 Å². The van der Waals surface area contributed by atoms with Gasteiger partial charge in [-0.15, -0.1) is 0 Å². The Labute approximate surface area is 177 Å². The molecule has 0 aliphatic heterocycles. The van der Waals surface area contributed by atoms with Gasteiger partial charge in [-0.1, -0.05) is 18.2 Å². The molecule has 2 aromatic rings. The fraction of sp³-hybridized carbons (Fsp3) is 0.409. The number of hydrogen-bond acceptors (Lipinski definition) is 4. The molecule has 31 heavy (non-hydrogen) atoms. The molecule has 5 nitrogen and oxygen atoms in total. The maximum Gasteiger partial charge on any atom is 0.397 e. The van der Waals surface area contributed by atoms with Crippen molar-refractivity contribution < 1.29 is 22.4 Å². The van der Waals surface area contributed by atoms with E-state index in [2.05, 4.69) is 21.7 Å². The Morgan fingerprint density at radius 1 is 1.19 bits per heavy atom. The number of benzene rings is 1. The number of hydrogen-bond donors (Lipinski definition) is 2. The lowest BCUT2D eigenvalue weighted by Crippen LogP contribution is -2.33. The van der Waals surface area contributed by atoms with Crippen LogP contribution in [0.15, 0.2) is 42.6 Å². The molecule has 0 spiro atoms. The van der Waals surface area contributed by atoms with E-state index in [0.717, 1.165) is 0 Å². The summed E-state index contributed by atoms with van der Waals surface area (Å²) in [5.41, 5.74) is -0.266. The third-order valence-corrected chi connectivity index (χ3v) is 5.56. The lowest BCUT2D eigenvalue weighted by Gasteiger charge is -2.35. The first-order valence-corrected chi connectivity index (χ1v) is 9.94.